The van der Waals surface area contributed by atoms with Gasteiger partial charge in [-0.3, -0.25) is 14.4 Å². The lowest BCUT2D eigenvalue weighted by Gasteiger charge is -2.22. The van der Waals surface area contributed by atoms with E-state index in [1.807, 2.05) is 29.2 Å². The Bertz CT molecular complexity index is 849. The minimum Gasteiger partial charge on any atom is -0.497 e. The molecule has 2 N–H and O–H groups in total. The van der Waals surface area contributed by atoms with Crippen LogP contribution in [0.3, 0.4) is 0 Å². The molecule has 2 aromatic carbocycles. The third-order valence-corrected chi connectivity index (χ3v) is 4.59. The van der Waals surface area contributed by atoms with Gasteiger partial charge in [0.1, 0.15) is 17.1 Å². The van der Waals surface area contributed by atoms with Crippen LogP contribution in [0, 0.1) is 0 Å². The number of nitrogens with zero attached hydrogens (tertiary/aromatic N) is 1. The summed E-state index contributed by atoms with van der Waals surface area (Å²) in [4.78, 5) is 37.5. The first-order valence-electron chi connectivity index (χ1n) is 8.82. The van der Waals surface area contributed by atoms with E-state index in [2.05, 4.69) is 10.6 Å². The quantitative estimate of drug-likeness (QED) is 0.686. The predicted octanol–water partition coefficient (Wildman–Crippen LogP) is 1.01. The van der Waals surface area contributed by atoms with Crippen molar-refractivity contribution in [1.82, 2.24) is 5.32 Å². The molecule has 0 saturated carbocycles. The number of anilines is 2. The van der Waals surface area contributed by atoms with Crippen LogP contribution in [0.25, 0.3) is 0 Å². The van der Waals surface area contributed by atoms with Crippen LogP contribution in [0.5, 0.6) is 5.75 Å². The molecule has 3 rings (SSSR count). The Morgan fingerprint density at radius 1 is 1.19 bits per heavy atom. The van der Waals surface area contributed by atoms with Crippen LogP contribution in [0.2, 0.25) is 0 Å². The van der Waals surface area contributed by atoms with Gasteiger partial charge < -0.3 is 20.3 Å². The van der Waals surface area contributed by atoms with Gasteiger partial charge in [-0.15, -0.1) is 0 Å². The summed E-state index contributed by atoms with van der Waals surface area (Å²) in [5.41, 5.74) is 0.895. The lowest BCUT2D eigenvalue weighted by atomic mass is 10.1. The molecule has 1 aliphatic heterocycles. The maximum absolute atomic E-state index is 12.0. The summed E-state index contributed by atoms with van der Waals surface area (Å²) in [6, 6.07) is 7.49. The lowest BCUT2D eigenvalue weighted by molar-refractivity contribution is -0.121. The van der Waals surface area contributed by atoms with E-state index in [4.69, 9.17) is 4.74 Å². The topological polar surface area (TPSA) is 87.7 Å². The first-order chi connectivity index (χ1) is 12.6. The van der Waals surface area contributed by atoms with Crippen LogP contribution in [0.4, 0.5) is 11.4 Å². The van der Waals surface area contributed by atoms with Crippen molar-refractivity contribution in [3.8, 4) is 5.75 Å². The molecule has 0 unspecified atom stereocenters. The first-order valence-corrected chi connectivity index (χ1v) is 8.82. The summed E-state index contributed by atoms with van der Waals surface area (Å²) in [5.74, 6) is 0.620. The Morgan fingerprint density at radius 3 is 2.69 bits per heavy atom. The van der Waals surface area contributed by atoms with Crippen molar-refractivity contribution in [2.24, 2.45) is 0 Å². The summed E-state index contributed by atoms with van der Waals surface area (Å²) in [7, 11) is 1.60. The Morgan fingerprint density at radius 2 is 1.96 bits per heavy atom. The predicted molar refractivity (Wildman–Crippen MR) is 101 cm³/mol. The summed E-state index contributed by atoms with van der Waals surface area (Å²) in [6.45, 7) is 2.34. The molecule has 2 aromatic rings. The summed E-state index contributed by atoms with van der Waals surface area (Å²) < 4.78 is 5.15. The molecule has 0 spiro atoms. The van der Waals surface area contributed by atoms with Gasteiger partial charge in [0, 0.05) is 32.6 Å². The molecule has 0 atom stereocenters. The number of nitrogens with one attached hydrogen (secondary N) is 2. The van der Waals surface area contributed by atoms with E-state index in [9.17, 15) is 14.4 Å². The van der Waals surface area contributed by atoms with Gasteiger partial charge in [0.2, 0.25) is 5.91 Å². The number of carbonyl (C=O) groups is 1. The number of benzene rings is 1. The highest BCUT2D eigenvalue weighted by Gasteiger charge is 2.27. The first kappa shape index (κ1) is 18.0. The molecule has 7 nitrogen and oxygen atoms in total. The van der Waals surface area contributed by atoms with Crippen molar-refractivity contribution < 1.29 is 9.53 Å². The van der Waals surface area contributed by atoms with Crippen LogP contribution in [0.15, 0.2) is 33.9 Å². The van der Waals surface area contributed by atoms with E-state index in [-0.39, 0.29) is 12.3 Å². The van der Waals surface area contributed by atoms with E-state index in [0.717, 1.165) is 37.2 Å². The van der Waals surface area contributed by atoms with Crippen molar-refractivity contribution in [2.45, 2.75) is 25.8 Å². The molecule has 0 aliphatic carbocycles. The van der Waals surface area contributed by atoms with Gasteiger partial charge in [0.25, 0.3) is 10.9 Å². The Labute approximate surface area is 151 Å². The van der Waals surface area contributed by atoms with Crippen LogP contribution in [0.1, 0.15) is 24.8 Å². The minimum atomic E-state index is -0.483. The fourth-order valence-electron chi connectivity index (χ4n) is 3.16. The van der Waals surface area contributed by atoms with Gasteiger partial charge >= 0.3 is 0 Å². The number of amides is 1. The van der Waals surface area contributed by atoms with Crippen LogP contribution < -0.4 is 31.1 Å². The second-order valence-corrected chi connectivity index (χ2v) is 6.38. The van der Waals surface area contributed by atoms with Crippen molar-refractivity contribution in [1.29, 1.82) is 0 Å². The standard InChI is InChI=1S/C19H23N3O4/c1-26-14-6-4-5-13(11-14)12-21-15(23)7-8-20-16-17(19(25)18(16)24)22-9-2-3-10-22/h4-6,11,20H,2-3,7-10,12H2,1H3,(H,21,23). The fraction of sp³-hybridized carbons (Fsp3) is 0.421. The normalized spacial score (nSPS) is 13.8. The molecule has 1 fully saturated rings. The number of hydrogen-bond acceptors (Lipinski definition) is 6. The lowest BCUT2D eigenvalue weighted by Crippen LogP contribution is -2.42. The zero-order valence-electron chi connectivity index (χ0n) is 14.8. The molecule has 1 heterocycles. The van der Waals surface area contributed by atoms with Crippen molar-refractivity contribution >= 4 is 17.3 Å². The molecule has 26 heavy (non-hydrogen) atoms. The van der Waals surface area contributed by atoms with Gasteiger partial charge in [0.15, 0.2) is 0 Å². The highest BCUT2D eigenvalue weighted by molar-refractivity contribution is 5.78. The third-order valence-electron chi connectivity index (χ3n) is 4.59. The highest BCUT2D eigenvalue weighted by Crippen LogP contribution is 2.24. The molecule has 0 bridgehead atoms. The van der Waals surface area contributed by atoms with Crippen molar-refractivity contribution in [2.75, 3.05) is 37.0 Å². The average molecular weight is 357 g/mol. The number of carbonyl (C=O) groups excluding carboxylic acids is 1. The highest BCUT2D eigenvalue weighted by atomic mass is 16.5. The van der Waals surface area contributed by atoms with E-state index < -0.39 is 10.9 Å². The minimum absolute atomic E-state index is 0.123. The van der Waals surface area contributed by atoms with Gasteiger partial charge in [-0.25, -0.2) is 0 Å². The summed E-state index contributed by atoms with van der Waals surface area (Å²) >= 11 is 0. The average Bonchev–Trinajstić information content (AvgIpc) is 3.19. The maximum Gasteiger partial charge on any atom is 0.253 e. The SMILES string of the molecule is COc1cccc(CNC(=O)CCNc2c(N3CCCC3)c(=O)c2=O)c1. The van der Waals surface area contributed by atoms with Crippen LogP contribution in [-0.4, -0.2) is 32.7 Å². The molecule has 0 aromatic heterocycles. The molecule has 1 saturated heterocycles. The van der Waals surface area contributed by atoms with E-state index >= 15 is 0 Å². The van der Waals surface area contributed by atoms with Gasteiger partial charge in [0.05, 0.1) is 7.11 Å². The monoisotopic (exact) mass is 357 g/mol. The van der Waals surface area contributed by atoms with Crippen molar-refractivity contribution in [3.63, 3.8) is 0 Å². The third kappa shape index (κ3) is 3.87. The van der Waals surface area contributed by atoms with Gasteiger partial charge in [-0.05, 0) is 30.5 Å². The second-order valence-electron chi connectivity index (χ2n) is 6.38. The Kier molecular flexibility index (Phi) is 5.55. The van der Waals surface area contributed by atoms with Crippen molar-refractivity contribution in [3.05, 3.63) is 50.3 Å². The molecular formula is C19H23N3O4. The smallest absolute Gasteiger partial charge is 0.253 e. The molecule has 138 valence electrons. The Balaban J connectivity index is 1.46. The molecule has 1 amide bonds. The zero-order valence-corrected chi connectivity index (χ0v) is 14.8. The number of methoxy groups -OCH3 is 1. The van der Waals surface area contributed by atoms with Gasteiger partial charge in [-0.1, -0.05) is 12.1 Å². The number of hydrogen-bond donors (Lipinski definition) is 2. The van der Waals surface area contributed by atoms with E-state index in [1.54, 1.807) is 7.11 Å². The fourth-order valence-corrected chi connectivity index (χ4v) is 3.16. The van der Waals surface area contributed by atoms with Crippen LogP contribution in [-0.2, 0) is 11.3 Å². The number of ether oxygens (including phenoxy) is 1. The Hall–Kier alpha value is -2.83. The number of rotatable bonds is 8. The summed E-state index contributed by atoms with van der Waals surface area (Å²) in [6.07, 6.45) is 2.29. The molecule has 1 aliphatic rings. The maximum atomic E-state index is 12.0. The molecular weight excluding hydrogens is 334 g/mol. The van der Waals surface area contributed by atoms with Gasteiger partial charge in [-0.2, -0.15) is 0 Å². The molecule has 0 radical (unpaired) electrons. The largest absolute Gasteiger partial charge is 0.497 e. The summed E-state index contributed by atoms with van der Waals surface area (Å²) in [5, 5.41) is 5.79. The zero-order chi connectivity index (χ0) is 18.5. The second kappa shape index (κ2) is 8.03. The van der Waals surface area contributed by atoms with E-state index in [1.165, 1.54) is 0 Å². The van der Waals surface area contributed by atoms with Crippen LogP contribution >= 0.6 is 0 Å². The molecule has 7 heteroatoms. The van der Waals surface area contributed by atoms with E-state index in [0.29, 0.717) is 24.5 Å².